The van der Waals surface area contributed by atoms with Gasteiger partial charge in [0.25, 0.3) is 5.91 Å². The van der Waals surface area contributed by atoms with Crippen LogP contribution in [0.15, 0.2) is 60.7 Å². The van der Waals surface area contributed by atoms with Crippen LogP contribution in [0.5, 0.6) is 5.75 Å². The molecule has 5 heteroatoms. The van der Waals surface area contributed by atoms with Crippen LogP contribution in [0.4, 0.5) is 14.5 Å². The van der Waals surface area contributed by atoms with Gasteiger partial charge in [0.2, 0.25) is 0 Å². The number of carbonyl (C=O) groups excluding carboxylic acids is 1. The number of amides is 1. The van der Waals surface area contributed by atoms with Crippen molar-refractivity contribution < 1.29 is 18.3 Å². The second kappa shape index (κ2) is 6.66. The van der Waals surface area contributed by atoms with E-state index in [4.69, 9.17) is 4.74 Å². The van der Waals surface area contributed by atoms with Gasteiger partial charge in [0.1, 0.15) is 17.4 Å². The first-order valence-electron chi connectivity index (χ1n) is 7.44. The van der Waals surface area contributed by atoms with Gasteiger partial charge in [-0.2, -0.15) is 0 Å². The Morgan fingerprint density at radius 2 is 1.75 bits per heavy atom. The van der Waals surface area contributed by atoms with Gasteiger partial charge in [-0.1, -0.05) is 30.3 Å². The molecule has 0 aliphatic rings. The van der Waals surface area contributed by atoms with E-state index in [-0.39, 0.29) is 5.69 Å². The van der Waals surface area contributed by atoms with E-state index in [9.17, 15) is 13.6 Å². The summed E-state index contributed by atoms with van der Waals surface area (Å²) in [6, 6.07) is 16.2. The number of hydrogen-bond donors (Lipinski definition) is 1. The fraction of sp³-hybridized carbons (Fsp3) is 0.105. The highest BCUT2D eigenvalue weighted by Crippen LogP contribution is 2.22. The quantitative estimate of drug-likeness (QED) is 0.765. The molecule has 0 heterocycles. The van der Waals surface area contributed by atoms with E-state index in [1.807, 2.05) is 36.4 Å². The first kappa shape index (κ1) is 15.9. The van der Waals surface area contributed by atoms with Crippen LogP contribution in [0.3, 0.4) is 0 Å². The molecule has 24 heavy (non-hydrogen) atoms. The minimum atomic E-state index is -0.837. The highest BCUT2D eigenvalue weighted by atomic mass is 19.1. The normalized spacial score (nSPS) is 12.0. The van der Waals surface area contributed by atoms with Gasteiger partial charge in [-0.05, 0) is 42.0 Å². The van der Waals surface area contributed by atoms with Gasteiger partial charge in [0.15, 0.2) is 6.10 Å². The molecule has 3 nitrogen and oxygen atoms in total. The van der Waals surface area contributed by atoms with E-state index in [2.05, 4.69) is 5.32 Å². The minimum Gasteiger partial charge on any atom is -0.481 e. The Kier molecular flexibility index (Phi) is 4.42. The molecule has 0 spiro atoms. The van der Waals surface area contributed by atoms with Crippen LogP contribution < -0.4 is 10.1 Å². The number of benzene rings is 3. The van der Waals surface area contributed by atoms with Crippen molar-refractivity contribution in [1.82, 2.24) is 0 Å². The Bertz CT molecular complexity index is 895. The molecule has 0 bridgehead atoms. The van der Waals surface area contributed by atoms with Gasteiger partial charge in [0, 0.05) is 6.07 Å². The number of hydrogen-bond acceptors (Lipinski definition) is 2. The number of carbonyl (C=O) groups is 1. The lowest BCUT2D eigenvalue weighted by Gasteiger charge is -2.15. The maximum atomic E-state index is 13.6. The molecular weight excluding hydrogens is 312 g/mol. The van der Waals surface area contributed by atoms with Crippen molar-refractivity contribution >= 4 is 22.4 Å². The number of anilines is 1. The SMILES string of the molecule is C[C@@H](Oc1ccc2ccccc2c1)C(=O)Nc1ccc(F)cc1F. The summed E-state index contributed by atoms with van der Waals surface area (Å²) in [6.07, 6.45) is -0.837. The molecule has 0 aliphatic heterocycles. The molecule has 3 aromatic rings. The van der Waals surface area contributed by atoms with Crippen LogP contribution in [-0.2, 0) is 4.79 Å². The molecule has 1 amide bonds. The lowest BCUT2D eigenvalue weighted by atomic mass is 10.1. The third kappa shape index (κ3) is 3.51. The molecule has 3 aromatic carbocycles. The first-order valence-corrected chi connectivity index (χ1v) is 7.44. The molecule has 3 rings (SSSR count). The van der Waals surface area contributed by atoms with E-state index in [0.717, 1.165) is 16.8 Å². The summed E-state index contributed by atoms with van der Waals surface area (Å²) in [7, 11) is 0. The molecule has 0 aromatic heterocycles. The highest BCUT2D eigenvalue weighted by Gasteiger charge is 2.17. The number of halogens is 2. The zero-order chi connectivity index (χ0) is 17.1. The zero-order valence-electron chi connectivity index (χ0n) is 12.9. The second-order valence-electron chi connectivity index (χ2n) is 5.38. The van der Waals surface area contributed by atoms with Gasteiger partial charge < -0.3 is 10.1 Å². The number of fused-ring (bicyclic) bond motifs is 1. The molecule has 1 atom stereocenters. The maximum absolute atomic E-state index is 13.6. The second-order valence-corrected chi connectivity index (χ2v) is 5.38. The van der Waals surface area contributed by atoms with Crippen molar-refractivity contribution in [3.8, 4) is 5.75 Å². The van der Waals surface area contributed by atoms with Crippen LogP contribution >= 0.6 is 0 Å². The fourth-order valence-corrected chi connectivity index (χ4v) is 2.32. The molecule has 122 valence electrons. The van der Waals surface area contributed by atoms with Gasteiger partial charge in [0.05, 0.1) is 5.69 Å². The van der Waals surface area contributed by atoms with E-state index >= 15 is 0 Å². The van der Waals surface area contributed by atoms with Crippen LogP contribution in [0.2, 0.25) is 0 Å². The Morgan fingerprint density at radius 3 is 2.50 bits per heavy atom. The molecule has 0 radical (unpaired) electrons. The maximum Gasteiger partial charge on any atom is 0.265 e. The topological polar surface area (TPSA) is 38.3 Å². The van der Waals surface area contributed by atoms with Crippen LogP contribution in [-0.4, -0.2) is 12.0 Å². The molecule has 0 fully saturated rings. The van der Waals surface area contributed by atoms with E-state index < -0.39 is 23.6 Å². The summed E-state index contributed by atoms with van der Waals surface area (Å²) in [6.45, 7) is 1.56. The Labute approximate surface area is 137 Å². The van der Waals surface area contributed by atoms with Crippen molar-refractivity contribution in [1.29, 1.82) is 0 Å². The Morgan fingerprint density at radius 1 is 1.00 bits per heavy atom. The average Bonchev–Trinajstić information content (AvgIpc) is 2.57. The standard InChI is InChI=1S/C19H15F2NO2/c1-12(19(23)22-18-9-7-15(20)11-17(18)21)24-16-8-6-13-4-2-3-5-14(13)10-16/h2-12H,1H3,(H,22,23)/t12-/m1/s1. The highest BCUT2D eigenvalue weighted by molar-refractivity contribution is 5.94. The smallest absolute Gasteiger partial charge is 0.265 e. The summed E-state index contributed by atoms with van der Waals surface area (Å²) >= 11 is 0. The average molecular weight is 327 g/mol. The molecule has 0 saturated heterocycles. The van der Waals surface area contributed by atoms with Crippen molar-refractivity contribution in [2.24, 2.45) is 0 Å². The van der Waals surface area contributed by atoms with Crippen LogP contribution in [0.25, 0.3) is 10.8 Å². The summed E-state index contributed by atoms with van der Waals surface area (Å²) < 4.78 is 32.1. The molecule has 0 saturated carbocycles. The van der Waals surface area contributed by atoms with Crippen LogP contribution in [0.1, 0.15) is 6.92 Å². The Balaban J connectivity index is 1.70. The molecule has 0 aliphatic carbocycles. The lowest BCUT2D eigenvalue weighted by Crippen LogP contribution is -2.30. The van der Waals surface area contributed by atoms with E-state index in [1.54, 1.807) is 13.0 Å². The molecule has 1 N–H and O–H groups in total. The summed E-state index contributed by atoms with van der Waals surface area (Å²) in [5.41, 5.74) is -0.0876. The third-order valence-corrected chi connectivity index (χ3v) is 3.59. The predicted molar refractivity (Wildman–Crippen MR) is 89.0 cm³/mol. The van der Waals surface area contributed by atoms with Crippen LogP contribution in [0, 0.1) is 11.6 Å². The van der Waals surface area contributed by atoms with Crippen molar-refractivity contribution in [2.45, 2.75) is 13.0 Å². The lowest BCUT2D eigenvalue weighted by molar-refractivity contribution is -0.122. The predicted octanol–water partition coefficient (Wildman–Crippen LogP) is 4.52. The van der Waals surface area contributed by atoms with Gasteiger partial charge in [-0.25, -0.2) is 8.78 Å². The molecule has 0 unspecified atom stereocenters. The monoisotopic (exact) mass is 327 g/mol. The van der Waals surface area contributed by atoms with E-state index in [1.165, 1.54) is 6.07 Å². The Hall–Kier alpha value is -2.95. The zero-order valence-corrected chi connectivity index (χ0v) is 12.9. The fourth-order valence-electron chi connectivity index (χ4n) is 2.32. The van der Waals surface area contributed by atoms with Gasteiger partial charge in [-0.3, -0.25) is 4.79 Å². The number of ether oxygens (including phenoxy) is 1. The van der Waals surface area contributed by atoms with E-state index in [0.29, 0.717) is 11.8 Å². The van der Waals surface area contributed by atoms with Crippen molar-refractivity contribution in [3.05, 3.63) is 72.3 Å². The summed E-state index contributed by atoms with van der Waals surface area (Å²) in [5, 5.41) is 4.45. The van der Waals surface area contributed by atoms with Gasteiger partial charge in [-0.15, -0.1) is 0 Å². The summed E-state index contributed by atoms with van der Waals surface area (Å²) in [4.78, 5) is 12.1. The van der Waals surface area contributed by atoms with Crippen molar-refractivity contribution in [2.75, 3.05) is 5.32 Å². The van der Waals surface area contributed by atoms with Crippen molar-refractivity contribution in [3.63, 3.8) is 0 Å². The largest absolute Gasteiger partial charge is 0.481 e. The summed E-state index contributed by atoms with van der Waals surface area (Å²) in [5.74, 6) is -1.52. The number of rotatable bonds is 4. The molecular formula is C19H15F2NO2. The number of nitrogens with one attached hydrogen (secondary N) is 1. The first-order chi connectivity index (χ1) is 11.5. The minimum absolute atomic E-state index is 0.0876. The third-order valence-electron chi connectivity index (χ3n) is 3.59. The van der Waals surface area contributed by atoms with Gasteiger partial charge >= 0.3 is 0 Å².